The van der Waals surface area contributed by atoms with Crippen LogP contribution in [0.2, 0.25) is 5.15 Å². The lowest BCUT2D eigenvalue weighted by molar-refractivity contribution is 0.0619. The fourth-order valence-electron chi connectivity index (χ4n) is 3.56. The molecule has 30 heavy (non-hydrogen) atoms. The first-order valence-corrected chi connectivity index (χ1v) is 10.8. The van der Waals surface area contributed by atoms with Crippen LogP contribution in [-0.4, -0.2) is 71.9 Å². The standard InChI is InChI=1S/C22H31ClN4O3/c1-16(2)15-27-21(23)20(17(3)24-27)22(28)26-11-9-25(10-12-26)13-14-30-19-7-5-18(29-4)6-8-19/h5-8,16H,9-15H2,1-4H3. The summed E-state index contributed by atoms with van der Waals surface area (Å²) in [5, 5.41) is 4.91. The molecule has 0 radical (unpaired) electrons. The molecule has 2 heterocycles. The minimum Gasteiger partial charge on any atom is -0.497 e. The summed E-state index contributed by atoms with van der Waals surface area (Å²) in [6, 6.07) is 7.58. The summed E-state index contributed by atoms with van der Waals surface area (Å²) in [4.78, 5) is 17.2. The van der Waals surface area contributed by atoms with Crippen molar-refractivity contribution in [3.63, 3.8) is 0 Å². The Morgan fingerprint density at radius 2 is 1.77 bits per heavy atom. The summed E-state index contributed by atoms with van der Waals surface area (Å²) in [5.41, 5.74) is 1.23. The Bertz CT molecular complexity index is 843. The maximum absolute atomic E-state index is 13.0. The van der Waals surface area contributed by atoms with Crippen molar-refractivity contribution in [1.29, 1.82) is 0 Å². The van der Waals surface area contributed by atoms with Crippen molar-refractivity contribution < 1.29 is 14.3 Å². The molecule has 2 aromatic rings. The lowest BCUT2D eigenvalue weighted by atomic mass is 10.2. The van der Waals surface area contributed by atoms with Crippen LogP contribution in [-0.2, 0) is 6.54 Å². The summed E-state index contributed by atoms with van der Waals surface area (Å²) in [7, 11) is 1.65. The first-order chi connectivity index (χ1) is 14.4. The molecule has 1 aromatic heterocycles. The number of carbonyl (C=O) groups excluding carboxylic acids is 1. The number of halogens is 1. The zero-order valence-corrected chi connectivity index (χ0v) is 19.0. The van der Waals surface area contributed by atoms with E-state index < -0.39 is 0 Å². The van der Waals surface area contributed by atoms with Gasteiger partial charge in [0.05, 0.1) is 18.4 Å². The van der Waals surface area contributed by atoms with Gasteiger partial charge in [-0.25, -0.2) is 0 Å². The summed E-state index contributed by atoms with van der Waals surface area (Å²) in [5.74, 6) is 2.02. The van der Waals surface area contributed by atoms with Gasteiger partial charge in [0.1, 0.15) is 23.3 Å². The van der Waals surface area contributed by atoms with E-state index in [1.807, 2.05) is 36.1 Å². The van der Waals surface area contributed by atoms with Crippen LogP contribution < -0.4 is 9.47 Å². The van der Waals surface area contributed by atoms with Crippen LogP contribution in [0.25, 0.3) is 0 Å². The van der Waals surface area contributed by atoms with Gasteiger partial charge in [-0.15, -0.1) is 0 Å². The van der Waals surface area contributed by atoms with Gasteiger partial charge in [-0.2, -0.15) is 5.10 Å². The number of aromatic nitrogens is 2. The molecule has 0 saturated carbocycles. The van der Waals surface area contributed by atoms with Gasteiger partial charge in [-0.3, -0.25) is 14.4 Å². The van der Waals surface area contributed by atoms with Crippen LogP contribution in [0, 0.1) is 12.8 Å². The van der Waals surface area contributed by atoms with E-state index >= 15 is 0 Å². The molecular formula is C22H31ClN4O3. The third kappa shape index (κ3) is 5.46. The summed E-state index contributed by atoms with van der Waals surface area (Å²) in [6.07, 6.45) is 0. The van der Waals surface area contributed by atoms with Crippen molar-refractivity contribution in [2.75, 3.05) is 46.4 Å². The normalized spacial score (nSPS) is 14.9. The lowest BCUT2D eigenvalue weighted by Crippen LogP contribution is -2.49. The summed E-state index contributed by atoms with van der Waals surface area (Å²) in [6.45, 7) is 11.2. The second kappa shape index (κ2) is 10.2. The summed E-state index contributed by atoms with van der Waals surface area (Å²) >= 11 is 6.48. The van der Waals surface area contributed by atoms with Crippen molar-refractivity contribution in [2.45, 2.75) is 27.3 Å². The van der Waals surface area contributed by atoms with Gasteiger partial charge in [0, 0.05) is 39.3 Å². The number of piperazine rings is 1. The Balaban J connectivity index is 1.48. The largest absolute Gasteiger partial charge is 0.497 e. The van der Waals surface area contributed by atoms with Gasteiger partial charge < -0.3 is 14.4 Å². The second-order valence-electron chi connectivity index (χ2n) is 7.99. The van der Waals surface area contributed by atoms with E-state index in [1.165, 1.54) is 0 Å². The third-order valence-electron chi connectivity index (χ3n) is 5.21. The number of carbonyl (C=O) groups is 1. The van der Waals surface area contributed by atoms with E-state index in [4.69, 9.17) is 21.1 Å². The quantitative estimate of drug-likeness (QED) is 0.637. The van der Waals surface area contributed by atoms with Crippen LogP contribution in [0.3, 0.4) is 0 Å². The molecule has 7 nitrogen and oxygen atoms in total. The van der Waals surface area contributed by atoms with Crippen LogP contribution in [0.5, 0.6) is 11.5 Å². The fraction of sp³-hybridized carbons (Fsp3) is 0.545. The van der Waals surface area contributed by atoms with E-state index in [9.17, 15) is 4.79 Å². The van der Waals surface area contributed by atoms with Crippen molar-refractivity contribution in [2.24, 2.45) is 5.92 Å². The average Bonchev–Trinajstić information content (AvgIpc) is 3.01. The van der Waals surface area contributed by atoms with Gasteiger partial charge >= 0.3 is 0 Å². The second-order valence-corrected chi connectivity index (χ2v) is 8.34. The van der Waals surface area contributed by atoms with Crippen molar-refractivity contribution >= 4 is 17.5 Å². The predicted octanol–water partition coefficient (Wildman–Crippen LogP) is 3.35. The molecule has 1 saturated heterocycles. The highest BCUT2D eigenvalue weighted by Gasteiger charge is 2.27. The third-order valence-corrected chi connectivity index (χ3v) is 5.60. The summed E-state index contributed by atoms with van der Waals surface area (Å²) < 4.78 is 12.7. The number of ether oxygens (including phenoxy) is 2. The van der Waals surface area contributed by atoms with Gasteiger partial charge in [-0.05, 0) is 37.1 Å². The number of aryl methyl sites for hydroxylation is 1. The Hall–Kier alpha value is -2.25. The molecule has 3 rings (SSSR count). The highest BCUT2D eigenvalue weighted by Crippen LogP contribution is 2.23. The molecule has 1 fully saturated rings. The molecule has 0 unspecified atom stereocenters. The number of methoxy groups -OCH3 is 1. The van der Waals surface area contributed by atoms with Crippen LogP contribution in [0.15, 0.2) is 24.3 Å². The Morgan fingerprint density at radius 3 is 2.37 bits per heavy atom. The van der Waals surface area contributed by atoms with Crippen LogP contribution >= 0.6 is 11.6 Å². The molecule has 8 heteroatoms. The molecular weight excluding hydrogens is 404 g/mol. The number of amides is 1. The van der Waals surface area contributed by atoms with E-state index in [2.05, 4.69) is 23.8 Å². The number of benzene rings is 1. The number of hydrogen-bond donors (Lipinski definition) is 0. The van der Waals surface area contributed by atoms with Crippen molar-refractivity contribution in [3.8, 4) is 11.5 Å². The molecule has 0 N–H and O–H groups in total. The first-order valence-electron chi connectivity index (χ1n) is 10.4. The number of rotatable bonds is 8. The molecule has 0 spiro atoms. The number of hydrogen-bond acceptors (Lipinski definition) is 5. The lowest BCUT2D eigenvalue weighted by Gasteiger charge is -2.34. The fourth-order valence-corrected chi connectivity index (χ4v) is 3.88. The molecule has 1 aromatic carbocycles. The van der Waals surface area contributed by atoms with E-state index in [-0.39, 0.29) is 5.91 Å². The van der Waals surface area contributed by atoms with Crippen LogP contribution in [0.4, 0.5) is 0 Å². The SMILES string of the molecule is COc1ccc(OCCN2CCN(C(=O)c3c(C)nn(CC(C)C)c3Cl)CC2)cc1. The minimum atomic E-state index is -0.0263. The van der Waals surface area contributed by atoms with Gasteiger partial charge in [-0.1, -0.05) is 25.4 Å². The van der Waals surface area contributed by atoms with Crippen molar-refractivity contribution in [3.05, 3.63) is 40.7 Å². The molecule has 1 aliphatic rings. The highest BCUT2D eigenvalue weighted by atomic mass is 35.5. The van der Waals surface area contributed by atoms with Crippen LogP contribution in [0.1, 0.15) is 29.9 Å². The zero-order chi connectivity index (χ0) is 21.7. The molecule has 0 bridgehead atoms. The van der Waals surface area contributed by atoms with Gasteiger partial charge in [0.25, 0.3) is 5.91 Å². The molecule has 164 valence electrons. The highest BCUT2D eigenvalue weighted by molar-refractivity contribution is 6.33. The molecule has 0 aliphatic carbocycles. The van der Waals surface area contributed by atoms with Crippen molar-refractivity contribution in [1.82, 2.24) is 19.6 Å². The molecule has 0 atom stereocenters. The molecule has 1 amide bonds. The maximum Gasteiger partial charge on any atom is 0.258 e. The van der Waals surface area contributed by atoms with Gasteiger partial charge in [0.15, 0.2) is 0 Å². The monoisotopic (exact) mass is 434 g/mol. The minimum absolute atomic E-state index is 0.0263. The van der Waals surface area contributed by atoms with E-state index in [0.717, 1.165) is 31.1 Å². The predicted molar refractivity (Wildman–Crippen MR) is 118 cm³/mol. The Morgan fingerprint density at radius 1 is 1.13 bits per heavy atom. The Labute approximate surface area is 183 Å². The number of nitrogens with zero attached hydrogens (tertiary/aromatic N) is 4. The zero-order valence-electron chi connectivity index (χ0n) is 18.2. The maximum atomic E-state index is 13.0. The van der Waals surface area contributed by atoms with E-state index in [0.29, 0.717) is 48.6 Å². The van der Waals surface area contributed by atoms with E-state index in [1.54, 1.807) is 11.8 Å². The first kappa shape index (κ1) is 22.4. The molecule has 1 aliphatic heterocycles. The smallest absolute Gasteiger partial charge is 0.258 e. The topological polar surface area (TPSA) is 59.8 Å². The van der Waals surface area contributed by atoms with Gasteiger partial charge in [0.2, 0.25) is 0 Å². The Kier molecular flexibility index (Phi) is 7.61. The average molecular weight is 435 g/mol.